The first-order chi connectivity index (χ1) is 27.8. The Kier molecular flexibility index (Phi) is 8.55. The summed E-state index contributed by atoms with van der Waals surface area (Å²) in [7, 11) is 0. The number of hydrogen-bond acceptors (Lipinski definition) is 1. The van der Waals surface area contributed by atoms with Crippen molar-refractivity contribution in [1.82, 2.24) is 4.57 Å². The third-order valence-corrected chi connectivity index (χ3v) is 10.7. The summed E-state index contributed by atoms with van der Waals surface area (Å²) in [5.41, 5.74) is 16.3. The van der Waals surface area contributed by atoms with Crippen LogP contribution < -0.4 is 4.90 Å². The van der Waals surface area contributed by atoms with Gasteiger partial charge in [-0.15, -0.1) is 0 Å². The lowest BCUT2D eigenvalue weighted by atomic mass is 9.94. The number of fused-ring (bicyclic) bond motifs is 3. The van der Waals surface area contributed by atoms with E-state index >= 15 is 0 Å². The minimum Gasteiger partial charge on any atom is -0.310 e. The molecule has 1 heterocycles. The number of anilines is 3. The van der Waals surface area contributed by atoms with Crippen molar-refractivity contribution in [2.24, 2.45) is 0 Å². The van der Waals surface area contributed by atoms with Crippen LogP contribution in [0.2, 0.25) is 0 Å². The molecular weight excluding hydrogens is 677 g/mol. The largest absolute Gasteiger partial charge is 0.310 e. The van der Waals surface area contributed by atoms with Crippen molar-refractivity contribution in [2.45, 2.75) is 0 Å². The van der Waals surface area contributed by atoms with E-state index in [1.54, 1.807) is 0 Å². The number of rotatable bonds is 8. The van der Waals surface area contributed by atoms with E-state index in [2.05, 4.69) is 240 Å². The van der Waals surface area contributed by atoms with Crippen LogP contribution in [0.4, 0.5) is 17.1 Å². The summed E-state index contributed by atoms with van der Waals surface area (Å²) in [6, 6.07) is 83.1. The van der Waals surface area contributed by atoms with Gasteiger partial charge >= 0.3 is 0 Å². The van der Waals surface area contributed by atoms with Crippen molar-refractivity contribution in [3.8, 4) is 50.2 Å². The SMILES string of the molecule is c1ccc(-c2cc(-c3ccccc3)cc(N(c3ccccc3)c3ccccc3-c3cccc(-c4cccc5c4c4ccccc4n5-c4ccccc4)c3)c2)cc1. The van der Waals surface area contributed by atoms with E-state index in [0.717, 1.165) is 33.9 Å². The molecule has 0 N–H and O–H groups in total. The Hall–Kier alpha value is -7.42. The van der Waals surface area contributed by atoms with Gasteiger partial charge in [-0.2, -0.15) is 0 Å². The molecule has 0 bridgehead atoms. The van der Waals surface area contributed by atoms with E-state index in [0.29, 0.717) is 0 Å². The second-order valence-corrected chi connectivity index (χ2v) is 14.2. The molecule has 56 heavy (non-hydrogen) atoms. The second kappa shape index (κ2) is 14.4. The van der Waals surface area contributed by atoms with Crippen LogP contribution in [0.25, 0.3) is 72.0 Å². The lowest BCUT2D eigenvalue weighted by molar-refractivity contribution is 1.18. The van der Waals surface area contributed by atoms with Gasteiger partial charge in [-0.05, 0) is 106 Å². The van der Waals surface area contributed by atoms with Gasteiger partial charge in [0.05, 0.1) is 16.7 Å². The molecule has 9 aromatic carbocycles. The van der Waals surface area contributed by atoms with Crippen molar-refractivity contribution < 1.29 is 0 Å². The zero-order valence-electron chi connectivity index (χ0n) is 30.8. The summed E-state index contributed by atoms with van der Waals surface area (Å²) in [6.07, 6.45) is 0. The Balaban J connectivity index is 1.16. The first-order valence-corrected chi connectivity index (χ1v) is 19.2. The molecule has 2 nitrogen and oxygen atoms in total. The summed E-state index contributed by atoms with van der Waals surface area (Å²) in [5, 5.41) is 2.50. The van der Waals surface area contributed by atoms with Gasteiger partial charge in [-0.1, -0.05) is 164 Å². The smallest absolute Gasteiger partial charge is 0.0547 e. The molecule has 0 saturated carbocycles. The van der Waals surface area contributed by atoms with Crippen molar-refractivity contribution >= 4 is 38.9 Å². The van der Waals surface area contributed by atoms with Crippen LogP contribution in [0, 0.1) is 0 Å². The van der Waals surface area contributed by atoms with Gasteiger partial charge in [0, 0.05) is 33.4 Å². The standard InChI is InChI=1S/C54H38N2/c1-5-19-39(20-6-1)43-36-44(40-21-7-2-8-22-40)38-47(37-43)55(45-25-9-3-10-26-45)51-32-15-13-29-48(51)41-23-17-24-42(35-41)49-31-18-34-53-54(49)50-30-14-16-33-52(50)56(53)46-27-11-4-12-28-46/h1-38H. The molecule has 0 aliphatic heterocycles. The van der Waals surface area contributed by atoms with Gasteiger partial charge in [0.2, 0.25) is 0 Å². The molecule has 10 aromatic rings. The number of benzene rings is 9. The van der Waals surface area contributed by atoms with Gasteiger partial charge in [0.1, 0.15) is 0 Å². The third kappa shape index (κ3) is 6.04. The molecule has 0 saturated heterocycles. The van der Waals surface area contributed by atoms with Crippen LogP contribution in [0.5, 0.6) is 0 Å². The average molecular weight is 715 g/mol. The topological polar surface area (TPSA) is 8.17 Å². The summed E-state index contributed by atoms with van der Waals surface area (Å²) in [5.74, 6) is 0. The Labute approximate surface area is 327 Å². The second-order valence-electron chi connectivity index (χ2n) is 14.2. The van der Waals surface area contributed by atoms with Gasteiger partial charge in [0.15, 0.2) is 0 Å². The highest BCUT2D eigenvalue weighted by atomic mass is 15.1. The van der Waals surface area contributed by atoms with Crippen molar-refractivity contribution in [3.05, 3.63) is 231 Å². The first-order valence-electron chi connectivity index (χ1n) is 19.2. The van der Waals surface area contributed by atoms with Crippen molar-refractivity contribution in [1.29, 1.82) is 0 Å². The fourth-order valence-corrected chi connectivity index (χ4v) is 8.22. The lowest BCUT2D eigenvalue weighted by Gasteiger charge is -2.29. The van der Waals surface area contributed by atoms with E-state index in [1.165, 1.54) is 55.2 Å². The highest BCUT2D eigenvalue weighted by Crippen LogP contribution is 2.45. The quantitative estimate of drug-likeness (QED) is 0.152. The van der Waals surface area contributed by atoms with Crippen LogP contribution in [-0.4, -0.2) is 4.57 Å². The fraction of sp³-hybridized carbons (Fsp3) is 0. The molecule has 0 amide bonds. The van der Waals surface area contributed by atoms with Gasteiger partial charge in [-0.25, -0.2) is 0 Å². The maximum Gasteiger partial charge on any atom is 0.0547 e. The molecule has 0 aliphatic rings. The summed E-state index contributed by atoms with van der Waals surface area (Å²) in [6.45, 7) is 0. The molecule has 2 heteroatoms. The van der Waals surface area contributed by atoms with Crippen LogP contribution in [0.15, 0.2) is 231 Å². The minimum atomic E-state index is 1.10. The minimum absolute atomic E-state index is 1.10. The van der Waals surface area contributed by atoms with Gasteiger partial charge < -0.3 is 9.47 Å². The molecule has 0 aliphatic carbocycles. The predicted octanol–water partition coefficient (Wildman–Crippen LogP) is 14.9. The maximum atomic E-state index is 2.41. The molecule has 264 valence electrons. The van der Waals surface area contributed by atoms with Crippen LogP contribution in [0.3, 0.4) is 0 Å². The number of para-hydroxylation sites is 4. The van der Waals surface area contributed by atoms with Gasteiger partial charge in [-0.3, -0.25) is 0 Å². The molecule has 0 spiro atoms. The van der Waals surface area contributed by atoms with E-state index < -0.39 is 0 Å². The lowest BCUT2D eigenvalue weighted by Crippen LogP contribution is -2.11. The monoisotopic (exact) mass is 714 g/mol. The maximum absolute atomic E-state index is 2.41. The Morgan fingerprint density at radius 2 is 0.786 bits per heavy atom. The van der Waals surface area contributed by atoms with E-state index in [1.807, 2.05) is 0 Å². The molecule has 0 fully saturated rings. The van der Waals surface area contributed by atoms with Crippen LogP contribution in [0.1, 0.15) is 0 Å². The third-order valence-electron chi connectivity index (χ3n) is 10.7. The van der Waals surface area contributed by atoms with E-state index in [-0.39, 0.29) is 0 Å². The Morgan fingerprint density at radius 1 is 0.304 bits per heavy atom. The van der Waals surface area contributed by atoms with Gasteiger partial charge in [0.25, 0.3) is 0 Å². The first kappa shape index (κ1) is 33.2. The van der Waals surface area contributed by atoms with E-state index in [9.17, 15) is 0 Å². The summed E-state index contributed by atoms with van der Waals surface area (Å²) in [4.78, 5) is 2.41. The predicted molar refractivity (Wildman–Crippen MR) is 237 cm³/mol. The molecule has 1 aromatic heterocycles. The molecule has 10 rings (SSSR count). The Morgan fingerprint density at radius 3 is 1.48 bits per heavy atom. The number of nitrogens with zero attached hydrogens (tertiary/aromatic N) is 2. The zero-order valence-corrected chi connectivity index (χ0v) is 30.8. The highest BCUT2D eigenvalue weighted by Gasteiger charge is 2.20. The Bertz CT molecular complexity index is 2890. The summed E-state index contributed by atoms with van der Waals surface area (Å²) < 4.78 is 2.39. The van der Waals surface area contributed by atoms with Crippen LogP contribution in [-0.2, 0) is 0 Å². The summed E-state index contributed by atoms with van der Waals surface area (Å²) >= 11 is 0. The molecular formula is C54H38N2. The highest BCUT2D eigenvalue weighted by molar-refractivity contribution is 6.16. The van der Waals surface area contributed by atoms with E-state index in [4.69, 9.17) is 0 Å². The number of aromatic nitrogens is 1. The fourth-order valence-electron chi connectivity index (χ4n) is 8.22. The average Bonchev–Trinajstić information content (AvgIpc) is 3.63. The van der Waals surface area contributed by atoms with Crippen molar-refractivity contribution in [3.63, 3.8) is 0 Å². The zero-order chi connectivity index (χ0) is 37.3. The van der Waals surface area contributed by atoms with Crippen molar-refractivity contribution in [2.75, 3.05) is 4.90 Å². The van der Waals surface area contributed by atoms with Crippen LogP contribution >= 0.6 is 0 Å². The molecule has 0 unspecified atom stereocenters. The molecule has 0 radical (unpaired) electrons. The normalized spacial score (nSPS) is 11.2. The number of hydrogen-bond donors (Lipinski definition) is 0. The molecule has 0 atom stereocenters.